The summed E-state index contributed by atoms with van der Waals surface area (Å²) in [5, 5.41) is 3.74. The third-order valence-electron chi connectivity index (χ3n) is 5.26. The Balaban J connectivity index is 1.58. The number of nitrogens with two attached hydrogens (primary N) is 1. The van der Waals surface area contributed by atoms with Crippen LogP contribution in [-0.4, -0.2) is 17.8 Å². The number of hydrogen-bond donors (Lipinski definition) is 2. The molecule has 31 heavy (non-hydrogen) atoms. The maximum atomic E-state index is 12.2. The SMILES string of the molecule is CCn1c(-c2ccc(NC(=O)Oc3ccc(C)cc3)cc2)c(N)c2ccc(OC)cc21. The van der Waals surface area contributed by atoms with Crippen LogP contribution in [0.25, 0.3) is 22.2 Å². The molecule has 6 nitrogen and oxygen atoms in total. The van der Waals surface area contributed by atoms with Crippen LogP contribution in [0, 0.1) is 6.92 Å². The van der Waals surface area contributed by atoms with E-state index in [4.69, 9.17) is 15.2 Å². The summed E-state index contributed by atoms with van der Waals surface area (Å²) >= 11 is 0. The molecule has 158 valence electrons. The zero-order chi connectivity index (χ0) is 22.0. The molecule has 4 aromatic rings. The molecule has 3 N–H and O–H groups in total. The minimum atomic E-state index is -0.536. The summed E-state index contributed by atoms with van der Waals surface area (Å²) in [6.07, 6.45) is -0.536. The highest BCUT2D eigenvalue weighted by atomic mass is 16.6. The number of anilines is 2. The van der Waals surface area contributed by atoms with Gasteiger partial charge in [0.25, 0.3) is 0 Å². The van der Waals surface area contributed by atoms with E-state index in [1.807, 2.05) is 61.5 Å². The highest BCUT2D eigenvalue weighted by molar-refractivity contribution is 6.01. The maximum absolute atomic E-state index is 12.2. The van der Waals surface area contributed by atoms with Crippen molar-refractivity contribution in [2.75, 3.05) is 18.2 Å². The van der Waals surface area contributed by atoms with E-state index in [1.54, 1.807) is 19.2 Å². The number of nitrogens with zero attached hydrogens (tertiary/aromatic N) is 1. The summed E-state index contributed by atoms with van der Waals surface area (Å²) in [5.41, 5.74) is 11.9. The van der Waals surface area contributed by atoms with Crippen LogP contribution in [0.15, 0.2) is 66.7 Å². The number of amides is 1. The molecule has 0 aliphatic heterocycles. The minimum Gasteiger partial charge on any atom is -0.497 e. The quantitative estimate of drug-likeness (QED) is 0.429. The van der Waals surface area contributed by atoms with Crippen molar-refractivity contribution >= 4 is 28.4 Å². The van der Waals surface area contributed by atoms with Gasteiger partial charge >= 0.3 is 6.09 Å². The Bertz CT molecular complexity index is 1230. The molecule has 3 aromatic carbocycles. The van der Waals surface area contributed by atoms with E-state index in [0.29, 0.717) is 11.4 Å². The topological polar surface area (TPSA) is 78.5 Å². The second-order valence-electron chi connectivity index (χ2n) is 7.29. The van der Waals surface area contributed by atoms with Gasteiger partial charge in [0.05, 0.1) is 24.0 Å². The lowest BCUT2D eigenvalue weighted by Crippen LogP contribution is -2.16. The van der Waals surface area contributed by atoms with Crippen molar-refractivity contribution in [2.45, 2.75) is 20.4 Å². The van der Waals surface area contributed by atoms with Crippen molar-refractivity contribution in [3.8, 4) is 22.8 Å². The number of aromatic nitrogens is 1. The molecule has 1 heterocycles. The van der Waals surface area contributed by atoms with Gasteiger partial charge < -0.3 is 19.8 Å². The highest BCUT2D eigenvalue weighted by Gasteiger charge is 2.16. The molecule has 0 unspecified atom stereocenters. The number of methoxy groups -OCH3 is 1. The lowest BCUT2D eigenvalue weighted by Gasteiger charge is -2.11. The number of benzene rings is 3. The predicted octanol–water partition coefficient (Wildman–Crippen LogP) is 5.84. The van der Waals surface area contributed by atoms with Crippen molar-refractivity contribution in [1.82, 2.24) is 4.57 Å². The van der Waals surface area contributed by atoms with Gasteiger partial charge in [0.2, 0.25) is 0 Å². The normalized spacial score (nSPS) is 10.8. The van der Waals surface area contributed by atoms with Crippen molar-refractivity contribution in [1.29, 1.82) is 0 Å². The number of rotatable bonds is 5. The number of hydrogen-bond acceptors (Lipinski definition) is 4. The van der Waals surface area contributed by atoms with Crippen LogP contribution < -0.4 is 20.5 Å². The van der Waals surface area contributed by atoms with E-state index >= 15 is 0 Å². The summed E-state index contributed by atoms with van der Waals surface area (Å²) < 4.78 is 12.9. The average molecular weight is 415 g/mol. The van der Waals surface area contributed by atoms with Crippen molar-refractivity contribution in [3.63, 3.8) is 0 Å². The standard InChI is InChI=1S/C25H25N3O3/c1-4-28-22-15-20(30-3)13-14-21(22)23(26)24(28)17-7-9-18(10-8-17)27-25(29)31-19-11-5-16(2)6-12-19/h5-15H,4,26H2,1-3H3,(H,27,29). The number of fused-ring (bicyclic) bond motifs is 1. The largest absolute Gasteiger partial charge is 0.497 e. The molecule has 1 amide bonds. The number of nitrogen functional groups attached to an aromatic ring is 1. The first-order chi connectivity index (χ1) is 15.0. The molecule has 0 atom stereocenters. The minimum absolute atomic E-state index is 0.496. The first-order valence-corrected chi connectivity index (χ1v) is 10.1. The lowest BCUT2D eigenvalue weighted by atomic mass is 10.1. The van der Waals surface area contributed by atoms with Crippen LogP contribution in [0.3, 0.4) is 0 Å². The Morgan fingerprint density at radius 2 is 1.68 bits per heavy atom. The van der Waals surface area contributed by atoms with Gasteiger partial charge in [-0.3, -0.25) is 5.32 Å². The number of ether oxygens (including phenoxy) is 2. The second-order valence-corrected chi connectivity index (χ2v) is 7.29. The number of nitrogens with one attached hydrogen (secondary N) is 1. The molecular formula is C25H25N3O3. The number of aryl methyl sites for hydroxylation is 2. The zero-order valence-electron chi connectivity index (χ0n) is 17.8. The van der Waals surface area contributed by atoms with Gasteiger partial charge in [0, 0.05) is 29.2 Å². The summed E-state index contributed by atoms with van der Waals surface area (Å²) in [6, 6.07) is 20.8. The van der Waals surface area contributed by atoms with Gasteiger partial charge in [-0.15, -0.1) is 0 Å². The summed E-state index contributed by atoms with van der Waals surface area (Å²) in [7, 11) is 1.65. The van der Waals surface area contributed by atoms with Gasteiger partial charge in [-0.05, 0) is 50.2 Å². The van der Waals surface area contributed by atoms with Gasteiger partial charge in [0.1, 0.15) is 11.5 Å². The molecule has 4 rings (SSSR count). The first-order valence-electron chi connectivity index (χ1n) is 10.1. The molecule has 0 bridgehead atoms. The Labute approximate surface area is 181 Å². The van der Waals surface area contributed by atoms with Crippen molar-refractivity contribution < 1.29 is 14.3 Å². The average Bonchev–Trinajstić information content (AvgIpc) is 3.06. The molecule has 0 radical (unpaired) electrons. The van der Waals surface area contributed by atoms with E-state index in [-0.39, 0.29) is 0 Å². The highest BCUT2D eigenvalue weighted by Crippen LogP contribution is 2.38. The number of carbonyl (C=O) groups is 1. The molecule has 0 spiro atoms. The Morgan fingerprint density at radius 1 is 1.00 bits per heavy atom. The Morgan fingerprint density at radius 3 is 2.32 bits per heavy atom. The third-order valence-corrected chi connectivity index (χ3v) is 5.26. The van der Waals surface area contributed by atoms with Crippen LogP contribution in [0.1, 0.15) is 12.5 Å². The molecule has 0 saturated heterocycles. The van der Waals surface area contributed by atoms with Crippen molar-refractivity contribution in [2.24, 2.45) is 0 Å². The summed E-state index contributed by atoms with van der Waals surface area (Å²) in [4.78, 5) is 12.2. The molecule has 0 aliphatic rings. The van der Waals surface area contributed by atoms with Crippen LogP contribution in [0.5, 0.6) is 11.5 Å². The van der Waals surface area contributed by atoms with Crippen LogP contribution in [-0.2, 0) is 6.54 Å². The molecule has 0 saturated carbocycles. The monoisotopic (exact) mass is 415 g/mol. The van der Waals surface area contributed by atoms with Gasteiger partial charge in [0.15, 0.2) is 0 Å². The smallest absolute Gasteiger partial charge is 0.417 e. The fourth-order valence-electron chi connectivity index (χ4n) is 3.69. The predicted molar refractivity (Wildman–Crippen MR) is 125 cm³/mol. The van der Waals surface area contributed by atoms with Gasteiger partial charge in [-0.1, -0.05) is 29.8 Å². The lowest BCUT2D eigenvalue weighted by molar-refractivity contribution is 0.215. The van der Waals surface area contributed by atoms with E-state index in [1.165, 1.54) is 0 Å². The van der Waals surface area contributed by atoms with Crippen molar-refractivity contribution in [3.05, 3.63) is 72.3 Å². The van der Waals surface area contributed by atoms with E-state index < -0.39 is 6.09 Å². The van der Waals surface area contributed by atoms with E-state index in [9.17, 15) is 4.79 Å². The van der Waals surface area contributed by atoms with Gasteiger partial charge in [-0.25, -0.2) is 4.79 Å². The molecule has 6 heteroatoms. The zero-order valence-corrected chi connectivity index (χ0v) is 17.8. The Hall–Kier alpha value is -3.93. The Kier molecular flexibility index (Phi) is 5.54. The molecular weight excluding hydrogens is 390 g/mol. The fraction of sp³-hybridized carbons (Fsp3) is 0.160. The van der Waals surface area contributed by atoms with Crippen LogP contribution in [0.2, 0.25) is 0 Å². The van der Waals surface area contributed by atoms with E-state index in [0.717, 1.165) is 45.7 Å². The summed E-state index contributed by atoms with van der Waals surface area (Å²) in [6.45, 7) is 4.82. The van der Waals surface area contributed by atoms with Crippen LogP contribution in [0.4, 0.5) is 16.2 Å². The van der Waals surface area contributed by atoms with Gasteiger partial charge in [-0.2, -0.15) is 0 Å². The first kappa shape index (κ1) is 20.3. The second kappa shape index (κ2) is 8.44. The number of carbonyl (C=O) groups excluding carboxylic acids is 1. The molecule has 0 fully saturated rings. The van der Waals surface area contributed by atoms with Crippen LogP contribution >= 0.6 is 0 Å². The molecule has 0 aliphatic carbocycles. The molecule has 1 aromatic heterocycles. The van der Waals surface area contributed by atoms with E-state index in [2.05, 4.69) is 16.8 Å². The summed E-state index contributed by atoms with van der Waals surface area (Å²) in [5.74, 6) is 1.29. The third kappa shape index (κ3) is 4.05. The maximum Gasteiger partial charge on any atom is 0.417 e. The fourth-order valence-corrected chi connectivity index (χ4v) is 3.69.